The minimum atomic E-state index is -0.317. The zero-order chi connectivity index (χ0) is 15.1. The molecule has 1 aromatic heterocycles. The van der Waals surface area contributed by atoms with Gasteiger partial charge in [0.1, 0.15) is 5.82 Å². The van der Waals surface area contributed by atoms with Gasteiger partial charge in [-0.3, -0.25) is 4.79 Å². The fraction of sp³-hybridized carbons (Fsp3) is 0.438. The van der Waals surface area contributed by atoms with Gasteiger partial charge in [-0.05, 0) is 49.9 Å². The van der Waals surface area contributed by atoms with E-state index in [4.69, 9.17) is 0 Å². The molecular formula is C16H17FN4O. The molecule has 22 heavy (non-hydrogen) atoms. The van der Waals surface area contributed by atoms with Crippen molar-refractivity contribution in [1.82, 2.24) is 19.9 Å². The number of rotatable bonds is 2. The summed E-state index contributed by atoms with van der Waals surface area (Å²) in [5.41, 5.74) is 0.564. The van der Waals surface area contributed by atoms with Crippen molar-refractivity contribution in [3.05, 3.63) is 48.0 Å². The summed E-state index contributed by atoms with van der Waals surface area (Å²) in [7, 11) is 0. The number of carbonyl (C=O) groups excluding carboxylic acids is 1. The molecule has 4 rings (SSSR count). The molecule has 1 aromatic carbocycles. The topological polar surface area (TPSA) is 51.0 Å². The van der Waals surface area contributed by atoms with Gasteiger partial charge in [0.2, 0.25) is 0 Å². The average molecular weight is 300 g/mol. The molecule has 0 saturated carbocycles. The highest BCUT2D eigenvalue weighted by atomic mass is 19.1. The van der Waals surface area contributed by atoms with Crippen molar-refractivity contribution in [3.63, 3.8) is 0 Å². The largest absolute Gasteiger partial charge is 0.333 e. The first kappa shape index (κ1) is 13.4. The molecule has 0 aliphatic carbocycles. The molecule has 2 aromatic rings. The van der Waals surface area contributed by atoms with E-state index < -0.39 is 0 Å². The Morgan fingerprint density at radius 3 is 2.18 bits per heavy atom. The standard InChI is InChI=1S/C16H17FN4O/c17-12-3-1-11(2-4-12)16(22)20-13-5-6-14(20)10-15(9-13)21-18-7-8-19-21/h1-4,7-8,13-15H,5-6,9-10H2. The Hall–Kier alpha value is -2.24. The molecule has 2 aliphatic heterocycles. The number of halogens is 1. The van der Waals surface area contributed by atoms with E-state index in [0.29, 0.717) is 5.56 Å². The van der Waals surface area contributed by atoms with Crippen molar-refractivity contribution in [2.75, 3.05) is 0 Å². The van der Waals surface area contributed by atoms with Gasteiger partial charge in [0.25, 0.3) is 5.91 Å². The molecule has 114 valence electrons. The van der Waals surface area contributed by atoms with Crippen LogP contribution in [-0.2, 0) is 0 Å². The summed E-state index contributed by atoms with van der Waals surface area (Å²) >= 11 is 0. The van der Waals surface area contributed by atoms with Gasteiger partial charge in [0.15, 0.2) is 0 Å². The lowest BCUT2D eigenvalue weighted by molar-refractivity contribution is 0.0512. The summed E-state index contributed by atoms with van der Waals surface area (Å²) in [6.07, 6.45) is 7.21. The number of benzene rings is 1. The van der Waals surface area contributed by atoms with Gasteiger partial charge in [-0.25, -0.2) is 4.39 Å². The van der Waals surface area contributed by atoms with E-state index in [1.54, 1.807) is 29.3 Å². The predicted octanol–water partition coefficient (Wildman–Crippen LogP) is 2.43. The fourth-order valence-electron chi connectivity index (χ4n) is 3.82. The summed E-state index contributed by atoms with van der Waals surface area (Å²) in [6, 6.07) is 6.55. The molecule has 3 heterocycles. The second kappa shape index (κ2) is 5.19. The molecule has 0 radical (unpaired) electrons. The molecule has 5 nitrogen and oxygen atoms in total. The third kappa shape index (κ3) is 2.19. The molecule has 2 aliphatic rings. The van der Waals surface area contributed by atoms with Gasteiger partial charge in [0.05, 0.1) is 18.4 Å². The smallest absolute Gasteiger partial charge is 0.254 e. The zero-order valence-electron chi connectivity index (χ0n) is 12.1. The number of amides is 1. The highest BCUT2D eigenvalue weighted by Gasteiger charge is 2.44. The normalized spacial score (nSPS) is 27.1. The van der Waals surface area contributed by atoms with Gasteiger partial charge in [0, 0.05) is 17.6 Å². The quantitative estimate of drug-likeness (QED) is 0.856. The fourth-order valence-corrected chi connectivity index (χ4v) is 3.82. The Balaban J connectivity index is 1.55. The number of piperidine rings is 1. The van der Waals surface area contributed by atoms with Crippen LogP contribution in [0.1, 0.15) is 42.1 Å². The monoisotopic (exact) mass is 300 g/mol. The summed E-state index contributed by atoms with van der Waals surface area (Å²) in [4.78, 5) is 16.5. The van der Waals surface area contributed by atoms with Crippen LogP contribution in [0.4, 0.5) is 4.39 Å². The van der Waals surface area contributed by atoms with Crippen LogP contribution in [0.15, 0.2) is 36.7 Å². The van der Waals surface area contributed by atoms with Gasteiger partial charge in [-0.15, -0.1) is 0 Å². The molecule has 2 saturated heterocycles. The lowest BCUT2D eigenvalue weighted by Crippen LogP contribution is -2.47. The first-order valence-corrected chi connectivity index (χ1v) is 7.66. The highest BCUT2D eigenvalue weighted by Crippen LogP contribution is 2.41. The van der Waals surface area contributed by atoms with Gasteiger partial charge in [-0.2, -0.15) is 15.0 Å². The van der Waals surface area contributed by atoms with Crippen LogP contribution >= 0.6 is 0 Å². The first-order chi connectivity index (χ1) is 10.7. The molecule has 6 heteroatoms. The maximum Gasteiger partial charge on any atom is 0.254 e. The van der Waals surface area contributed by atoms with Crippen LogP contribution in [0.3, 0.4) is 0 Å². The van der Waals surface area contributed by atoms with Crippen LogP contribution in [-0.4, -0.2) is 37.9 Å². The second-order valence-electron chi connectivity index (χ2n) is 6.08. The van der Waals surface area contributed by atoms with Crippen LogP contribution in [0.25, 0.3) is 0 Å². The Labute approximate surface area is 127 Å². The third-order valence-corrected chi connectivity index (χ3v) is 4.80. The number of hydrogen-bond acceptors (Lipinski definition) is 3. The molecule has 2 bridgehead atoms. The summed E-state index contributed by atoms with van der Waals surface area (Å²) in [6.45, 7) is 0. The Bertz CT molecular complexity index is 656. The van der Waals surface area contributed by atoms with Crippen molar-refractivity contribution in [1.29, 1.82) is 0 Å². The Morgan fingerprint density at radius 2 is 1.59 bits per heavy atom. The lowest BCUT2D eigenvalue weighted by Gasteiger charge is -2.38. The van der Waals surface area contributed by atoms with Crippen molar-refractivity contribution in [2.24, 2.45) is 0 Å². The molecule has 2 fully saturated rings. The number of nitrogens with zero attached hydrogens (tertiary/aromatic N) is 4. The van der Waals surface area contributed by atoms with E-state index in [2.05, 4.69) is 10.2 Å². The molecule has 0 spiro atoms. The minimum absolute atomic E-state index is 0.0133. The maximum atomic E-state index is 13.0. The Morgan fingerprint density at radius 1 is 1.00 bits per heavy atom. The predicted molar refractivity (Wildman–Crippen MR) is 77.7 cm³/mol. The summed E-state index contributed by atoms with van der Waals surface area (Å²) in [5.74, 6) is -0.303. The van der Waals surface area contributed by atoms with E-state index in [0.717, 1.165) is 25.7 Å². The number of aromatic nitrogens is 3. The van der Waals surface area contributed by atoms with Gasteiger partial charge >= 0.3 is 0 Å². The second-order valence-corrected chi connectivity index (χ2v) is 6.08. The lowest BCUT2D eigenvalue weighted by atomic mass is 9.96. The molecule has 0 N–H and O–H groups in total. The third-order valence-electron chi connectivity index (χ3n) is 4.80. The van der Waals surface area contributed by atoms with Crippen LogP contribution in [0.5, 0.6) is 0 Å². The van der Waals surface area contributed by atoms with Crippen LogP contribution in [0.2, 0.25) is 0 Å². The number of carbonyl (C=O) groups is 1. The minimum Gasteiger partial charge on any atom is -0.333 e. The van der Waals surface area contributed by atoms with E-state index in [1.807, 2.05) is 4.90 Å². The van der Waals surface area contributed by atoms with Crippen molar-refractivity contribution in [3.8, 4) is 0 Å². The number of hydrogen-bond donors (Lipinski definition) is 0. The van der Waals surface area contributed by atoms with Crippen molar-refractivity contribution >= 4 is 5.91 Å². The Kier molecular flexibility index (Phi) is 3.17. The summed E-state index contributed by atoms with van der Waals surface area (Å²) in [5, 5.41) is 8.47. The SMILES string of the molecule is O=C(c1ccc(F)cc1)N1C2CCC1CC(n1nccn1)C2. The van der Waals surface area contributed by atoms with Crippen LogP contribution < -0.4 is 0 Å². The number of fused-ring (bicyclic) bond motifs is 2. The van der Waals surface area contributed by atoms with Crippen molar-refractivity contribution < 1.29 is 9.18 Å². The zero-order valence-corrected chi connectivity index (χ0v) is 12.1. The first-order valence-electron chi connectivity index (χ1n) is 7.66. The van der Waals surface area contributed by atoms with Gasteiger partial charge < -0.3 is 4.90 Å². The van der Waals surface area contributed by atoms with Gasteiger partial charge in [-0.1, -0.05) is 0 Å². The van der Waals surface area contributed by atoms with Crippen LogP contribution in [0, 0.1) is 5.82 Å². The van der Waals surface area contributed by atoms with E-state index in [1.165, 1.54) is 12.1 Å². The molecule has 2 atom stereocenters. The maximum absolute atomic E-state index is 13.0. The van der Waals surface area contributed by atoms with E-state index >= 15 is 0 Å². The average Bonchev–Trinajstić information content (AvgIpc) is 3.14. The molecule has 1 amide bonds. The molecule has 2 unspecified atom stereocenters. The molecular weight excluding hydrogens is 283 g/mol. The highest BCUT2D eigenvalue weighted by molar-refractivity contribution is 5.94. The summed E-state index contributed by atoms with van der Waals surface area (Å²) < 4.78 is 13.0. The van der Waals surface area contributed by atoms with E-state index in [-0.39, 0.29) is 29.8 Å². The van der Waals surface area contributed by atoms with Crippen molar-refractivity contribution in [2.45, 2.75) is 43.8 Å². The van der Waals surface area contributed by atoms with E-state index in [9.17, 15) is 9.18 Å².